The molecule has 25 heavy (non-hydrogen) atoms. The van der Waals surface area contributed by atoms with Crippen LogP contribution in [0.15, 0.2) is 18.2 Å². The predicted octanol–water partition coefficient (Wildman–Crippen LogP) is 2.20. The molecule has 0 aromatic heterocycles. The number of carbonyl (C=O) groups is 1. The maximum atomic E-state index is 13.3. The van der Waals surface area contributed by atoms with Crippen LogP contribution >= 0.6 is 0 Å². The molecule has 0 bridgehead atoms. The molecular formula is C19H26F2N2O2. The van der Waals surface area contributed by atoms with Crippen LogP contribution in [0.1, 0.15) is 31.2 Å². The van der Waals surface area contributed by atoms with Crippen molar-refractivity contribution in [2.24, 2.45) is 5.41 Å². The summed E-state index contributed by atoms with van der Waals surface area (Å²) in [5.74, 6) is -1.89. The van der Waals surface area contributed by atoms with E-state index in [1.807, 2.05) is 0 Å². The van der Waals surface area contributed by atoms with Gasteiger partial charge in [0.25, 0.3) is 0 Å². The van der Waals surface area contributed by atoms with E-state index >= 15 is 0 Å². The van der Waals surface area contributed by atoms with Crippen LogP contribution in [0.4, 0.5) is 8.78 Å². The van der Waals surface area contributed by atoms with Crippen LogP contribution in [0.2, 0.25) is 0 Å². The molecule has 2 aliphatic heterocycles. The summed E-state index contributed by atoms with van der Waals surface area (Å²) in [6, 6.07) is 3.59. The van der Waals surface area contributed by atoms with E-state index in [4.69, 9.17) is 0 Å². The highest BCUT2D eigenvalue weighted by atomic mass is 19.2. The van der Waals surface area contributed by atoms with E-state index < -0.39 is 11.6 Å². The zero-order valence-electron chi connectivity index (χ0n) is 14.5. The molecule has 0 unspecified atom stereocenters. The van der Waals surface area contributed by atoms with E-state index in [-0.39, 0.29) is 24.3 Å². The summed E-state index contributed by atoms with van der Waals surface area (Å²) in [5, 5.41) is 9.91. The smallest absolute Gasteiger partial charge is 0.226 e. The Labute approximate surface area is 147 Å². The third-order valence-corrected chi connectivity index (χ3v) is 5.61. The molecular weight excluding hydrogens is 326 g/mol. The van der Waals surface area contributed by atoms with Gasteiger partial charge in [-0.2, -0.15) is 0 Å². The minimum absolute atomic E-state index is 0.0706. The summed E-state index contributed by atoms with van der Waals surface area (Å²) in [5.41, 5.74) is 0.364. The monoisotopic (exact) mass is 352 g/mol. The van der Waals surface area contributed by atoms with Gasteiger partial charge in [0.15, 0.2) is 11.6 Å². The molecule has 0 atom stereocenters. The van der Waals surface area contributed by atoms with Crippen LogP contribution < -0.4 is 0 Å². The summed E-state index contributed by atoms with van der Waals surface area (Å²) >= 11 is 0. The van der Waals surface area contributed by atoms with E-state index in [9.17, 15) is 18.7 Å². The lowest BCUT2D eigenvalue weighted by atomic mass is 9.78. The highest BCUT2D eigenvalue weighted by Crippen LogP contribution is 2.33. The summed E-state index contributed by atoms with van der Waals surface area (Å²) in [7, 11) is 0. The number of hydrogen-bond donors (Lipinski definition) is 1. The van der Waals surface area contributed by atoms with Gasteiger partial charge >= 0.3 is 0 Å². The van der Waals surface area contributed by atoms with Gasteiger partial charge in [-0.3, -0.25) is 4.79 Å². The fourth-order valence-electron chi connectivity index (χ4n) is 3.95. The molecule has 0 saturated carbocycles. The van der Waals surface area contributed by atoms with Gasteiger partial charge in [-0.15, -0.1) is 0 Å². The molecule has 0 aliphatic carbocycles. The van der Waals surface area contributed by atoms with Crippen molar-refractivity contribution in [1.82, 2.24) is 9.80 Å². The van der Waals surface area contributed by atoms with E-state index in [1.165, 1.54) is 18.9 Å². The van der Waals surface area contributed by atoms with Gasteiger partial charge in [0.1, 0.15) is 0 Å². The molecule has 4 nitrogen and oxygen atoms in total. The van der Waals surface area contributed by atoms with Gasteiger partial charge in [0.2, 0.25) is 5.91 Å². The Balaban J connectivity index is 1.55. The highest BCUT2D eigenvalue weighted by molar-refractivity contribution is 5.78. The van der Waals surface area contributed by atoms with Crippen LogP contribution in [0.3, 0.4) is 0 Å². The van der Waals surface area contributed by atoms with Crippen LogP contribution in [0.25, 0.3) is 0 Å². The Morgan fingerprint density at radius 3 is 2.36 bits per heavy atom. The van der Waals surface area contributed by atoms with Crippen LogP contribution in [-0.2, 0) is 11.2 Å². The Morgan fingerprint density at radius 1 is 1.08 bits per heavy atom. The number of aliphatic hydroxyl groups excluding tert-OH is 1. The number of likely N-dealkylation sites (tertiary alicyclic amines) is 2. The summed E-state index contributed by atoms with van der Waals surface area (Å²) < 4.78 is 26.3. The second-order valence-corrected chi connectivity index (χ2v) is 7.45. The van der Waals surface area contributed by atoms with E-state index in [1.54, 1.807) is 4.90 Å². The van der Waals surface area contributed by atoms with E-state index in [0.29, 0.717) is 18.7 Å². The van der Waals surface area contributed by atoms with Crippen molar-refractivity contribution in [3.8, 4) is 0 Å². The number of halogens is 2. The normalized spacial score (nSPS) is 20.8. The fourth-order valence-corrected chi connectivity index (χ4v) is 3.95. The van der Waals surface area contributed by atoms with Crippen LogP contribution in [0.5, 0.6) is 0 Å². The average molecular weight is 352 g/mol. The zero-order chi connectivity index (χ0) is 17.9. The lowest BCUT2D eigenvalue weighted by Crippen LogP contribution is -2.49. The van der Waals surface area contributed by atoms with E-state index in [0.717, 1.165) is 44.6 Å². The van der Waals surface area contributed by atoms with Gasteiger partial charge in [-0.25, -0.2) is 8.78 Å². The van der Waals surface area contributed by atoms with Crippen molar-refractivity contribution in [3.63, 3.8) is 0 Å². The molecule has 2 aliphatic rings. The Bertz CT molecular complexity index is 609. The van der Waals surface area contributed by atoms with Crippen molar-refractivity contribution in [2.75, 3.05) is 39.3 Å². The Morgan fingerprint density at radius 2 is 1.76 bits per heavy atom. The predicted molar refractivity (Wildman–Crippen MR) is 91.1 cm³/mol. The summed E-state index contributed by atoms with van der Waals surface area (Å²) in [4.78, 5) is 16.6. The van der Waals surface area contributed by atoms with Crippen molar-refractivity contribution in [1.29, 1.82) is 0 Å². The van der Waals surface area contributed by atoms with Crippen molar-refractivity contribution in [2.45, 2.75) is 32.1 Å². The van der Waals surface area contributed by atoms with Gasteiger partial charge < -0.3 is 14.9 Å². The van der Waals surface area contributed by atoms with Gasteiger partial charge in [-0.1, -0.05) is 6.07 Å². The molecule has 0 spiro atoms. The van der Waals surface area contributed by atoms with Gasteiger partial charge in [0, 0.05) is 25.0 Å². The third kappa shape index (κ3) is 4.36. The Kier molecular flexibility index (Phi) is 5.69. The number of nitrogens with zero attached hydrogens (tertiary/aromatic N) is 2. The SMILES string of the molecule is O=C(Cc1ccc(F)c(F)c1)N1CCC(CO)(CN2CCCC2)CC1. The number of carbonyl (C=O) groups excluding carboxylic acids is 1. The molecule has 6 heteroatoms. The molecule has 0 radical (unpaired) electrons. The van der Waals surface area contributed by atoms with Crippen LogP contribution in [0, 0.1) is 17.0 Å². The first-order valence-corrected chi connectivity index (χ1v) is 9.06. The molecule has 1 amide bonds. The summed E-state index contributed by atoms with van der Waals surface area (Å²) in [6.07, 6.45) is 4.09. The molecule has 1 aromatic rings. The number of amides is 1. The van der Waals surface area contributed by atoms with Gasteiger partial charge in [-0.05, 0) is 56.5 Å². The quantitative estimate of drug-likeness (QED) is 0.884. The first kappa shape index (κ1) is 18.3. The highest BCUT2D eigenvalue weighted by Gasteiger charge is 2.37. The minimum Gasteiger partial charge on any atom is -0.396 e. The number of benzene rings is 1. The molecule has 1 N–H and O–H groups in total. The van der Waals surface area contributed by atoms with E-state index in [2.05, 4.69) is 4.90 Å². The first-order valence-electron chi connectivity index (χ1n) is 9.06. The number of aliphatic hydroxyl groups is 1. The van der Waals surface area contributed by atoms with Crippen molar-refractivity contribution < 1.29 is 18.7 Å². The number of piperidine rings is 1. The molecule has 1 aromatic carbocycles. The standard InChI is InChI=1S/C19H26F2N2O2/c20-16-4-3-15(11-17(16)21)12-18(25)23-9-5-19(14-24,6-10-23)13-22-7-1-2-8-22/h3-4,11,24H,1-2,5-10,12-14H2. The molecule has 138 valence electrons. The molecule has 3 rings (SSSR count). The minimum atomic E-state index is -0.922. The second-order valence-electron chi connectivity index (χ2n) is 7.45. The maximum Gasteiger partial charge on any atom is 0.226 e. The number of rotatable bonds is 5. The number of hydrogen-bond acceptors (Lipinski definition) is 3. The average Bonchev–Trinajstić information content (AvgIpc) is 3.11. The maximum absolute atomic E-state index is 13.3. The zero-order valence-corrected chi connectivity index (χ0v) is 14.5. The van der Waals surface area contributed by atoms with Crippen LogP contribution in [-0.4, -0.2) is 60.1 Å². The van der Waals surface area contributed by atoms with Gasteiger partial charge in [0.05, 0.1) is 13.0 Å². The Hall–Kier alpha value is -1.53. The second kappa shape index (κ2) is 7.79. The lowest BCUT2D eigenvalue weighted by Gasteiger charge is -2.42. The fraction of sp³-hybridized carbons (Fsp3) is 0.632. The lowest BCUT2D eigenvalue weighted by molar-refractivity contribution is -0.133. The summed E-state index contributed by atoms with van der Waals surface area (Å²) in [6.45, 7) is 4.46. The van der Waals surface area contributed by atoms with Crippen molar-refractivity contribution >= 4 is 5.91 Å². The third-order valence-electron chi connectivity index (χ3n) is 5.61. The largest absolute Gasteiger partial charge is 0.396 e. The molecule has 2 fully saturated rings. The molecule has 2 saturated heterocycles. The first-order chi connectivity index (χ1) is 12.0. The van der Waals surface area contributed by atoms with Crippen molar-refractivity contribution in [3.05, 3.63) is 35.4 Å². The topological polar surface area (TPSA) is 43.8 Å². The molecule has 2 heterocycles.